The van der Waals surface area contributed by atoms with Gasteiger partial charge in [-0.2, -0.15) is 0 Å². The Labute approximate surface area is 160 Å². The van der Waals surface area contributed by atoms with Gasteiger partial charge in [0.15, 0.2) is 0 Å². The van der Waals surface area contributed by atoms with E-state index in [0.717, 1.165) is 10.4 Å². The molecule has 1 aliphatic heterocycles. The first-order chi connectivity index (χ1) is 13.3. The highest BCUT2D eigenvalue weighted by molar-refractivity contribution is 7.90. The van der Waals surface area contributed by atoms with Crippen molar-refractivity contribution in [3.63, 3.8) is 0 Å². The number of amides is 2. The van der Waals surface area contributed by atoms with E-state index >= 15 is 0 Å². The average molecular weight is 406 g/mol. The highest BCUT2D eigenvalue weighted by Gasteiger charge is 2.48. The highest BCUT2D eigenvalue weighted by Crippen LogP contribution is 2.39. The summed E-state index contributed by atoms with van der Waals surface area (Å²) in [7, 11) is -3.94. The van der Waals surface area contributed by atoms with Gasteiger partial charge in [-0.1, -0.05) is 0 Å². The fourth-order valence-corrected chi connectivity index (χ4v) is 5.08. The molecule has 1 N–H and O–H groups in total. The van der Waals surface area contributed by atoms with E-state index in [1.54, 1.807) is 0 Å². The second-order valence-electron chi connectivity index (χ2n) is 6.83. The Morgan fingerprint density at radius 1 is 1.11 bits per heavy atom. The summed E-state index contributed by atoms with van der Waals surface area (Å²) in [4.78, 5) is 24.5. The summed E-state index contributed by atoms with van der Waals surface area (Å²) < 4.78 is 52.5. The van der Waals surface area contributed by atoms with Gasteiger partial charge < -0.3 is 5.32 Å². The number of nitrogens with zero attached hydrogens (tertiary/aromatic N) is 1. The Morgan fingerprint density at radius 2 is 1.79 bits per heavy atom. The maximum Gasteiger partial charge on any atom is 0.269 e. The largest absolute Gasteiger partial charge is 0.352 e. The van der Waals surface area contributed by atoms with Crippen molar-refractivity contribution in [1.82, 2.24) is 9.62 Å². The minimum Gasteiger partial charge on any atom is -0.352 e. The maximum absolute atomic E-state index is 13.2. The molecule has 2 aromatic rings. The second-order valence-corrected chi connectivity index (χ2v) is 8.62. The van der Waals surface area contributed by atoms with Crippen LogP contribution in [0.5, 0.6) is 0 Å². The standard InChI is InChI=1S/C19H16F2N2O4S/c20-13-7-11(8-14(21)10-13)5-6-22-18(24)12-1-4-16-17(9-12)28(26,27)23(19(16)25)15-2-3-15/h1,4,7-10,15H,2-3,5-6H2,(H,22,24). The van der Waals surface area contributed by atoms with Crippen LogP contribution in [-0.4, -0.2) is 37.1 Å². The van der Waals surface area contributed by atoms with Crippen LogP contribution in [0.3, 0.4) is 0 Å². The van der Waals surface area contributed by atoms with Gasteiger partial charge in [0.25, 0.3) is 21.8 Å². The third-order valence-corrected chi connectivity index (χ3v) is 6.59. The lowest BCUT2D eigenvalue weighted by Gasteiger charge is -2.13. The van der Waals surface area contributed by atoms with Crippen molar-refractivity contribution in [1.29, 1.82) is 0 Å². The van der Waals surface area contributed by atoms with Gasteiger partial charge in [0.1, 0.15) is 16.5 Å². The lowest BCUT2D eigenvalue weighted by molar-refractivity contribution is 0.0863. The van der Waals surface area contributed by atoms with Crippen LogP contribution in [-0.2, 0) is 16.4 Å². The number of sulfonamides is 1. The fraction of sp³-hybridized carbons (Fsp3) is 0.263. The molecule has 1 fully saturated rings. The molecule has 2 aliphatic rings. The van der Waals surface area contributed by atoms with E-state index in [0.29, 0.717) is 18.4 Å². The molecule has 2 amide bonds. The molecule has 0 spiro atoms. The molecule has 1 heterocycles. The van der Waals surface area contributed by atoms with Gasteiger partial charge in [-0.15, -0.1) is 0 Å². The monoisotopic (exact) mass is 406 g/mol. The first-order valence-electron chi connectivity index (χ1n) is 8.73. The first-order valence-corrected chi connectivity index (χ1v) is 10.2. The molecule has 0 unspecified atom stereocenters. The number of halogens is 2. The van der Waals surface area contributed by atoms with Gasteiger partial charge >= 0.3 is 0 Å². The summed E-state index contributed by atoms with van der Waals surface area (Å²) >= 11 is 0. The number of benzene rings is 2. The van der Waals surface area contributed by atoms with E-state index in [4.69, 9.17) is 0 Å². The Morgan fingerprint density at radius 3 is 2.43 bits per heavy atom. The summed E-state index contributed by atoms with van der Waals surface area (Å²) in [5, 5.41) is 2.59. The van der Waals surface area contributed by atoms with Crippen LogP contribution >= 0.6 is 0 Å². The molecule has 0 atom stereocenters. The van der Waals surface area contributed by atoms with Crippen molar-refractivity contribution in [2.24, 2.45) is 0 Å². The first kappa shape index (κ1) is 18.5. The van der Waals surface area contributed by atoms with E-state index in [-0.39, 0.29) is 35.0 Å². The summed E-state index contributed by atoms with van der Waals surface area (Å²) in [6.45, 7) is 0.110. The third kappa shape index (κ3) is 3.26. The zero-order chi connectivity index (χ0) is 20.1. The molecular formula is C19H16F2N2O4S. The Bertz CT molecular complexity index is 1080. The zero-order valence-electron chi connectivity index (χ0n) is 14.6. The Balaban J connectivity index is 1.48. The fourth-order valence-electron chi connectivity index (χ4n) is 3.24. The van der Waals surface area contributed by atoms with E-state index < -0.39 is 33.5 Å². The van der Waals surface area contributed by atoms with Gasteiger partial charge in [0.2, 0.25) is 0 Å². The zero-order valence-corrected chi connectivity index (χ0v) is 15.4. The van der Waals surface area contributed by atoms with Crippen LogP contribution in [0.25, 0.3) is 0 Å². The van der Waals surface area contributed by atoms with E-state index in [9.17, 15) is 26.8 Å². The van der Waals surface area contributed by atoms with Crippen molar-refractivity contribution in [3.05, 3.63) is 64.7 Å². The van der Waals surface area contributed by atoms with Crippen LogP contribution in [0.2, 0.25) is 0 Å². The minimum absolute atomic E-state index is 0.0682. The van der Waals surface area contributed by atoms with Crippen LogP contribution in [0, 0.1) is 11.6 Å². The molecule has 1 aliphatic carbocycles. The van der Waals surface area contributed by atoms with Crippen molar-refractivity contribution in [3.8, 4) is 0 Å². The number of nitrogens with one attached hydrogen (secondary N) is 1. The SMILES string of the molecule is O=C(NCCc1cc(F)cc(F)c1)c1ccc2c(c1)S(=O)(=O)N(C1CC1)C2=O. The predicted octanol–water partition coefficient (Wildman–Crippen LogP) is 2.24. The molecular weight excluding hydrogens is 390 g/mol. The van der Waals surface area contributed by atoms with Gasteiger partial charge in [0, 0.05) is 24.2 Å². The van der Waals surface area contributed by atoms with Gasteiger partial charge in [-0.25, -0.2) is 21.5 Å². The van der Waals surface area contributed by atoms with Crippen LogP contribution in [0.1, 0.15) is 39.1 Å². The van der Waals surface area contributed by atoms with E-state index in [2.05, 4.69) is 5.32 Å². The molecule has 1 saturated carbocycles. The van der Waals surface area contributed by atoms with E-state index in [1.807, 2.05) is 0 Å². The molecule has 0 saturated heterocycles. The molecule has 146 valence electrons. The number of hydrogen-bond donors (Lipinski definition) is 1. The number of fused-ring (bicyclic) bond motifs is 1. The third-order valence-electron chi connectivity index (χ3n) is 4.71. The maximum atomic E-state index is 13.2. The van der Waals surface area contributed by atoms with Gasteiger partial charge in [-0.3, -0.25) is 9.59 Å². The molecule has 9 heteroatoms. The average Bonchev–Trinajstić information content (AvgIpc) is 3.42. The number of rotatable bonds is 5. The second kappa shape index (κ2) is 6.66. The lowest BCUT2D eigenvalue weighted by atomic mass is 10.1. The van der Waals surface area contributed by atoms with Gasteiger partial charge in [0.05, 0.1) is 5.56 Å². The summed E-state index contributed by atoms with van der Waals surface area (Å²) in [6, 6.07) is 6.74. The molecule has 28 heavy (non-hydrogen) atoms. The highest BCUT2D eigenvalue weighted by atomic mass is 32.2. The summed E-state index contributed by atoms with van der Waals surface area (Å²) in [6.07, 6.45) is 1.50. The van der Waals surface area contributed by atoms with Crippen molar-refractivity contribution in [2.45, 2.75) is 30.2 Å². The van der Waals surface area contributed by atoms with Crippen molar-refractivity contribution >= 4 is 21.8 Å². The minimum atomic E-state index is -3.94. The molecule has 0 bridgehead atoms. The smallest absolute Gasteiger partial charge is 0.269 e. The van der Waals surface area contributed by atoms with Gasteiger partial charge in [-0.05, 0) is 55.2 Å². The Hall–Kier alpha value is -2.81. The lowest BCUT2D eigenvalue weighted by Crippen LogP contribution is -2.32. The van der Waals surface area contributed by atoms with Crippen LogP contribution in [0.15, 0.2) is 41.3 Å². The Kier molecular flexibility index (Phi) is 4.41. The normalized spacial score (nSPS) is 17.5. The quantitative estimate of drug-likeness (QED) is 0.826. The molecule has 6 nitrogen and oxygen atoms in total. The van der Waals surface area contributed by atoms with Crippen molar-refractivity contribution in [2.75, 3.05) is 6.54 Å². The van der Waals surface area contributed by atoms with E-state index in [1.165, 1.54) is 30.3 Å². The molecule has 0 aromatic heterocycles. The topological polar surface area (TPSA) is 83.6 Å². The molecule has 0 radical (unpaired) electrons. The summed E-state index contributed by atoms with van der Waals surface area (Å²) in [5.41, 5.74) is 0.553. The predicted molar refractivity (Wildman–Crippen MR) is 95.2 cm³/mol. The van der Waals surface area contributed by atoms with Crippen LogP contribution < -0.4 is 5.32 Å². The molecule has 2 aromatic carbocycles. The summed E-state index contributed by atoms with van der Waals surface area (Å²) in [5.74, 6) is -2.49. The number of carbonyl (C=O) groups is 2. The number of carbonyl (C=O) groups excluding carboxylic acids is 2. The number of hydrogen-bond acceptors (Lipinski definition) is 4. The van der Waals surface area contributed by atoms with Crippen molar-refractivity contribution < 1.29 is 26.8 Å². The van der Waals surface area contributed by atoms with Crippen LogP contribution in [0.4, 0.5) is 8.78 Å². The molecule has 4 rings (SSSR count).